The number of fused-ring (bicyclic) bond motifs is 10. The molecule has 9 aromatic carbocycles. The van der Waals surface area contributed by atoms with Crippen LogP contribution < -0.4 is 31.1 Å². The van der Waals surface area contributed by atoms with Crippen molar-refractivity contribution in [2.24, 2.45) is 0 Å². The van der Waals surface area contributed by atoms with Crippen LogP contribution in [0.4, 0.5) is 51.2 Å². The van der Waals surface area contributed by atoms with Gasteiger partial charge in [0.2, 0.25) is 0 Å². The normalized spacial score (nSPS) is 15.0. The van der Waals surface area contributed by atoms with Gasteiger partial charge in [0, 0.05) is 56.3 Å². The van der Waals surface area contributed by atoms with E-state index >= 15 is 0 Å². The van der Waals surface area contributed by atoms with Gasteiger partial charge in [-0.1, -0.05) is 161 Å². The fourth-order valence-electron chi connectivity index (χ4n) is 12.0. The summed E-state index contributed by atoms with van der Waals surface area (Å²) < 4.78 is 0. The van der Waals surface area contributed by atoms with E-state index in [1.807, 2.05) is 0 Å². The first kappa shape index (κ1) is 37.0. The van der Waals surface area contributed by atoms with Crippen LogP contribution in [0.5, 0.6) is 0 Å². The average Bonchev–Trinajstić information content (AvgIpc) is 3.71. The highest BCUT2D eigenvalue weighted by atomic mass is 15.2. The highest BCUT2D eigenvalue weighted by Crippen LogP contribution is 2.56. The third-order valence-electron chi connectivity index (χ3n) is 14.8. The monoisotopic (exact) mass is 819 g/mol. The lowest BCUT2D eigenvalue weighted by Crippen LogP contribution is -2.61. The quantitative estimate of drug-likeness (QED) is 0.160. The van der Waals surface area contributed by atoms with E-state index in [-0.39, 0.29) is 17.5 Å². The molecule has 0 fully saturated rings. The van der Waals surface area contributed by atoms with Crippen molar-refractivity contribution in [3.8, 4) is 22.3 Å². The van der Waals surface area contributed by atoms with Crippen LogP contribution in [0.15, 0.2) is 206 Å². The van der Waals surface area contributed by atoms with Crippen molar-refractivity contribution >= 4 is 74.3 Å². The van der Waals surface area contributed by atoms with Gasteiger partial charge in [-0.2, -0.15) is 0 Å². The maximum Gasteiger partial charge on any atom is 0.252 e. The largest absolute Gasteiger partial charge is 0.311 e. The zero-order valence-corrected chi connectivity index (χ0v) is 36.5. The predicted octanol–water partition coefficient (Wildman–Crippen LogP) is 13.9. The van der Waals surface area contributed by atoms with Gasteiger partial charge in [0.15, 0.2) is 0 Å². The second kappa shape index (κ2) is 13.5. The van der Waals surface area contributed by atoms with Crippen LogP contribution >= 0.6 is 0 Å². The molecular formula is C60H46BN3. The van der Waals surface area contributed by atoms with Crippen LogP contribution in [0, 0.1) is 0 Å². The van der Waals surface area contributed by atoms with Crippen molar-refractivity contribution < 1.29 is 0 Å². The van der Waals surface area contributed by atoms with Gasteiger partial charge in [-0.3, -0.25) is 0 Å². The summed E-state index contributed by atoms with van der Waals surface area (Å²) in [5, 5.41) is 0. The minimum Gasteiger partial charge on any atom is -0.311 e. The van der Waals surface area contributed by atoms with E-state index in [2.05, 4.69) is 249 Å². The molecule has 0 unspecified atom stereocenters. The molecule has 0 N–H and O–H groups in total. The molecule has 304 valence electrons. The van der Waals surface area contributed by atoms with Gasteiger partial charge in [-0.15, -0.1) is 0 Å². The van der Waals surface area contributed by atoms with Crippen LogP contribution in [0.25, 0.3) is 22.3 Å². The lowest BCUT2D eigenvalue weighted by Gasteiger charge is -2.45. The van der Waals surface area contributed by atoms with E-state index in [4.69, 9.17) is 0 Å². The van der Waals surface area contributed by atoms with Crippen molar-refractivity contribution in [3.05, 3.63) is 229 Å². The first-order valence-corrected chi connectivity index (χ1v) is 22.6. The number of benzene rings is 9. The SMILES string of the molecule is CC1(C)c2ccccc2-c2ccc(N3c4cc(N(c5ccccc5)c5ccccc5)ccc4B4c5ccccc5N(c5cccc6c5C(C)(C)c5ccccc5-6)c5cccc3c54)cc21. The zero-order chi connectivity index (χ0) is 42.9. The molecule has 64 heavy (non-hydrogen) atoms. The predicted molar refractivity (Wildman–Crippen MR) is 270 cm³/mol. The van der Waals surface area contributed by atoms with Crippen LogP contribution in [0.3, 0.4) is 0 Å². The molecular weight excluding hydrogens is 773 g/mol. The zero-order valence-electron chi connectivity index (χ0n) is 36.5. The smallest absolute Gasteiger partial charge is 0.252 e. The molecule has 0 saturated carbocycles. The second-order valence-electron chi connectivity index (χ2n) is 18.9. The van der Waals surface area contributed by atoms with Crippen LogP contribution in [-0.2, 0) is 10.8 Å². The lowest BCUT2D eigenvalue weighted by atomic mass is 9.33. The van der Waals surface area contributed by atoms with E-state index in [0.717, 1.165) is 17.1 Å². The lowest BCUT2D eigenvalue weighted by molar-refractivity contribution is 0.660. The Hall–Kier alpha value is -7.56. The third-order valence-corrected chi connectivity index (χ3v) is 14.8. The molecule has 0 saturated heterocycles. The Morgan fingerprint density at radius 3 is 1.62 bits per heavy atom. The molecule has 3 nitrogen and oxygen atoms in total. The van der Waals surface area contributed by atoms with Crippen molar-refractivity contribution in [1.82, 2.24) is 0 Å². The summed E-state index contributed by atoms with van der Waals surface area (Å²) in [5.41, 5.74) is 25.1. The number of hydrogen-bond acceptors (Lipinski definition) is 3. The first-order chi connectivity index (χ1) is 31.3. The third kappa shape index (κ3) is 5.05. The molecule has 0 amide bonds. The van der Waals surface area contributed by atoms with Crippen LogP contribution in [0.2, 0.25) is 0 Å². The summed E-state index contributed by atoms with van der Waals surface area (Å²) in [6.45, 7) is 9.58. The van der Waals surface area contributed by atoms with Crippen molar-refractivity contribution in [2.75, 3.05) is 14.7 Å². The minimum atomic E-state index is -0.184. The molecule has 0 spiro atoms. The Labute approximate surface area is 376 Å². The molecule has 9 aromatic rings. The number of anilines is 9. The average molecular weight is 820 g/mol. The summed E-state index contributed by atoms with van der Waals surface area (Å²) in [6.07, 6.45) is 0. The Kier molecular flexibility index (Phi) is 7.80. The Bertz CT molecular complexity index is 3330. The summed E-state index contributed by atoms with van der Waals surface area (Å²) in [7, 11) is 0. The topological polar surface area (TPSA) is 9.72 Å². The van der Waals surface area contributed by atoms with Crippen molar-refractivity contribution in [1.29, 1.82) is 0 Å². The van der Waals surface area contributed by atoms with Gasteiger partial charge < -0.3 is 14.7 Å². The van der Waals surface area contributed by atoms with Gasteiger partial charge in [0.05, 0.1) is 5.69 Å². The summed E-state index contributed by atoms with van der Waals surface area (Å²) >= 11 is 0. The number of rotatable bonds is 5. The second-order valence-corrected chi connectivity index (χ2v) is 18.9. The minimum absolute atomic E-state index is 0.0120. The van der Waals surface area contributed by atoms with Crippen LogP contribution in [0.1, 0.15) is 49.9 Å². The molecule has 2 aliphatic heterocycles. The van der Waals surface area contributed by atoms with E-state index in [1.165, 1.54) is 95.0 Å². The molecule has 0 atom stereocenters. The molecule has 2 aliphatic carbocycles. The van der Waals surface area contributed by atoms with Gasteiger partial charge in [-0.05, 0) is 134 Å². The number of nitrogens with zero attached hydrogens (tertiary/aromatic N) is 3. The van der Waals surface area contributed by atoms with Crippen molar-refractivity contribution in [2.45, 2.75) is 38.5 Å². The van der Waals surface area contributed by atoms with Gasteiger partial charge in [0.25, 0.3) is 6.71 Å². The molecule has 13 rings (SSSR count). The number of hydrogen-bond donors (Lipinski definition) is 0. The molecule has 0 radical (unpaired) electrons. The molecule has 4 heteroatoms. The van der Waals surface area contributed by atoms with E-state index in [0.29, 0.717) is 0 Å². The van der Waals surface area contributed by atoms with E-state index < -0.39 is 0 Å². The first-order valence-electron chi connectivity index (χ1n) is 22.6. The summed E-state index contributed by atoms with van der Waals surface area (Å²) in [5.74, 6) is 0. The van der Waals surface area contributed by atoms with E-state index in [1.54, 1.807) is 0 Å². The standard InChI is InChI=1S/C60H46BN3/c1-59(2)47-26-13-11-23-43(47)45-35-33-41(37-49(45)59)63-54-31-18-32-55-58(54)61(51-36-34-42(38-56(51)63)62(39-19-7-5-8-20-39)40-21-9-6-10-22-40)50-28-15-16-29-52(50)64(55)53-30-17-25-46-44-24-12-14-27-48(44)60(3,4)57(46)53/h5-38H,1-4H3. The van der Waals surface area contributed by atoms with Crippen molar-refractivity contribution in [3.63, 3.8) is 0 Å². The highest BCUT2D eigenvalue weighted by Gasteiger charge is 2.46. The highest BCUT2D eigenvalue weighted by molar-refractivity contribution is 7.00. The number of para-hydroxylation sites is 3. The maximum atomic E-state index is 2.59. The molecule has 4 aliphatic rings. The van der Waals surface area contributed by atoms with Crippen LogP contribution in [-0.4, -0.2) is 6.71 Å². The van der Waals surface area contributed by atoms with Gasteiger partial charge in [0.1, 0.15) is 0 Å². The van der Waals surface area contributed by atoms with Gasteiger partial charge in [-0.25, -0.2) is 0 Å². The Morgan fingerprint density at radius 1 is 0.359 bits per heavy atom. The maximum absolute atomic E-state index is 2.59. The fourth-order valence-corrected chi connectivity index (χ4v) is 12.0. The Balaban J connectivity index is 1.08. The van der Waals surface area contributed by atoms with E-state index in [9.17, 15) is 0 Å². The summed E-state index contributed by atoms with van der Waals surface area (Å²) in [6, 6.07) is 77.0. The molecule has 2 heterocycles. The summed E-state index contributed by atoms with van der Waals surface area (Å²) in [4.78, 5) is 7.55. The Morgan fingerprint density at radius 2 is 0.891 bits per heavy atom. The molecule has 0 aromatic heterocycles. The molecule has 0 bridgehead atoms. The fraction of sp³-hybridized carbons (Fsp3) is 0.100. The van der Waals surface area contributed by atoms with Gasteiger partial charge >= 0.3 is 0 Å².